The number of aromatic nitrogens is 1. The first kappa shape index (κ1) is 16.2. The molecule has 122 valence electrons. The van der Waals surface area contributed by atoms with Crippen molar-refractivity contribution in [3.05, 3.63) is 70.3 Å². The zero-order valence-corrected chi connectivity index (χ0v) is 14.3. The SMILES string of the molecule is CC(C)n1c(-c2ccccc2)cs/c1=N\c1ccc(C(=O)O)cc1. The molecule has 0 amide bonds. The monoisotopic (exact) mass is 338 g/mol. The van der Waals surface area contributed by atoms with Gasteiger partial charge in [0.25, 0.3) is 0 Å². The summed E-state index contributed by atoms with van der Waals surface area (Å²) in [5.74, 6) is -0.929. The van der Waals surface area contributed by atoms with Gasteiger partial charge in [0.2, 0.25) is 0 Å². The first-order valence-corrected chi connectivity index (χ1v) is 8.58. The van der Waals surface area contributed by atoms with Crippen molar-refractivity contribution in [1.29, 1.82) is 0 Å². The molecule has 0 aliphatic heterocycles. The van der Waals surface area contributed by atoms with E-state index in [9.17, 15) is 4.79 Å². The van der Waals surface area contributed by atoms with Gasteiger partial charge < -0.3 is 9.67 Å². The third-order valence-electron chi connectivity index (χ3n) is 3.67. The standard InChI is InChI=1S/C19H18N2O2S/c1-13(2)21-17(14-6-4-3-5-7-14)12-24-19(21)20-16-10-8-15(9-11-16)18(22)23/h3-13H,1-2H3,(H,22,23)/b20-19-. The third-order valence-corrected chi connectivity index (χ3v) is 4.51. The van der Waals surface area contributed by atoms with Crippen LogP contribution in [-0.2, 0) is 0 Å². The van der Waals surface area contributed by atoms with E-state index in [0.717, 1.165) is 21.7 Å². The van der Waals surface area contributed by atoms with Gasteiger partial charge in [0.15, 0.2) is 4.80 Å². The van der Waals surface area contributed by atoms with Crippen molar-refractivity contribution in [3.63, 3.8) is 0 Å². The lowest BCUT2D eigenvalue weighted by atomic mass is 10.1. The molecular formula is C19H18N2O2S. The highest BCUT2D eigenvalue weighted by Gasteiger charge is 2.10. The van der Waals surface area contributed by atoms with Gasteiger partial charge in [-0.05, 0) is 43.7 Å². The van der Waals surface area contributed by atoms with Gasteiger partial charge in [-0.3, -0.25) is 0 Å². The average Bonchev–Trinajstić information content (AvgIpc) is 3.00. The van der Waals surface area contributed by atoms with Crippen LogP contribution in [0.5, 0.6) is 0 Å². The van der Waals surface area contributed by atoms with Crippen LogP contribution in [0.4, 0.5) is 5.69 Å². The molecule has 1 aromatic heterocycles. The molecule has 0 fully saturated rings. The first-order chi connectivity index (χ1) is 11.6. The second-order valence-electron chi connectivity index (χ2n) is 5.70. The molecule has 0 aliphatic rings. The molecule has 2 aromatic carbocycles. The maximum absolute atomic E-state index is 10.9. The molecule has 3 aromatic rings. The van der Waals surface area contributed by atoms with Crippen molar-refractivity contribution < 1.29 is 9.90 Å². The van der Waals surface area contributed by atoms with Crippen molar-refractivity contribution in [2.24, 2.45) is 4.99 Å². The molecule has 0 unspecified atom stereocenters. The molecule has 24 heavy (non-hydrogen) atoms. The summed E-state index contributed by atoms with van der Waals surface area (Å²) in [6.45, 7) is 4.26. The Labute approximate surface area is 144 Å². The Morgan fingerprint density at radius 2 is 1.75 bits per heavy atom. The van der Waals surface area contributed by atoms with E-state index in [1.807, 2.05) is 18.2 Å². The Morgan fingerprint density at radius 1 is 1.08 bits per heavy atom. The van der Waals surface area contributed by atoms with E-state index >= 15 is 0 Å². The van der Waals surface area contributed by atoms with Gasteiger partial charge in [-0.2, -0.15) is 0 Å². The fourth-order valence-electron chi connectivity index (χ4n) is 2.51. The normalized spacial score (nSPS) is 11.9. The Morgan fingerprint density at radius 3 is 2.33 bits per heavy atom. The minimum atomic E-state index is -0.929. The first-order valence-electron chi connectivity index (χ1n) is 7.70. The van der Waals surface area contributed by atoms with Crippen LogP contribution in [0.25, 0.3) is 11.3 Å². The zero-order valence-electron chi connectivity index (χ0n) is 13.5. The fourth-order valence-corrected chi connectivity index (χ4v) is 3.56. The quantitative estimate of drug-likeness (QED) is 0.748. The molecular weight excluding hydrogens is 320 g/mol. The van der Waals surface area contributed by atoms with Crippen molar-refractivity contribution >= 4 is 23.0 Å². The second kappa shape index (κ2) is 6.84. The number of carboxylic acid groups (broad SMARTS) is 1. The van der Waals surface area contributed by atoms with E-state index in [-0.39, 0.29) is 11.6 Å². The molecule has 3 rings (SSSR count). The smallest absolute Gasteiger partial charge is 0.335 e. The Bertz CT molecular complexity index is 907. The van der Waals surface area contributed by atoms with Crippen LogP contribution in [0, 0.1) is 0 Å². The average molecular weight is 338 g/mol. The topological polar surface area (TPSA) is 54.6 Å². The molecule has 4 nitrogen and oxygen atoms in total. The number of rotatable bonds is 4. The highest BCUT2D eigenvalue weighted by Crippen LogP contribution is 2.23. The van der Waals surface area contributed by atoms with Crippen LogP contribution in [0.3, 0.4) is 0 Å². The summed E-state index contributed by atoms with van der Waals surface area (Å²) in [6, 6.07) is 17.1. The van der Waals surface area contributed by atoms with Gasteiger partial charge in [-0.25, -0.2) is 9.79 Å². The molecule has 0 spiro atoms. The summed E-state index contributed by atoms with van der Waals surface area (Å²) in [4.78, 5) is 16.5. The van der Waals surface area contributed by atoms with Crippen molar-refractivity contribution in [1.82, 2.24) is 4.57 Å². The number of carboxylic acids is 1. The molecule has 0 aliphatic carbocycles. The predicted molar refractivity (Wildman–Crippen MR) is 96.8 cm³/mol. The van der Waals surface area contributed by atoms with Gasteiger partial charge in [0.1, 0.15) is 0 Å². The van der Waals surface area contributed by atoms with E-state index in [1.165, 1.54) is 0 Å². The Kier molecular flexibility index (Phi) is 4.62. The van der Waals surface area contributed by atoms with E-state index in [1.54, 1.807) is 35.6 Å². The second-order valence-corrected chi connectivity index (χ2v) is 6.53. The van der Waals surface area contributed by atoms with Gasteiger partial charge in [0, 0.05) is 11.4 Å². The van der Waals surface area contributed by atoms with Gasteiger partial charge >= 0.3 is 5.97 Å². The summed E-state index contributed by atoms with van der Waals surface area (Å²) >= 11 is 1.58. The number of nitrogens with zero attached hydrogens (tertiary/aromatic N) is 2. The lowest BCUT2D eigenvalue weighted by Gasteiger charge is -2.12. The molecule has 0 radical (unpaired) electrons. The van der Waals surface area contributed by atoms with E-state index in [4.69, 9.17) is 10.1 Å². The highest BCUT2D eigenvalue weighted by molar-refractivity contribution is 7.07. The zero-order chi connectivity index (χ0) is 17.1. The molecule has 1 heterocycles. The third kappa shape index (κ3) is 3.31. The number of thiazole rings is 1. The molecule has 0 saturated heterocycles. The number of carbonyl (C=O) groups is 1. The highest BCUT2D eigenvalue weighted by atomic mass is 32.1. The minimum absolute atomic E-state index is 0.266. The van der Waals surface area contributed by atoms with Gasteiger partial charge in [-0.15, -0.1) is 11.3 Å². The minimum Gasteiger partial charge on any atom is -0.478 e. The van der Waals surface area contributed by atoms with E-state index in [2.05, 4.69) is 35.9 Å². The van der Waals surface area contributed by atoms with Crippen LogP contribution >= 0.6 is 11.3 Å². The molecule has 0 saturated carbocycles. The molecule has 0 atom stereocenters. The van der Waals surface area contributed by atoms with Gasteiger partial charge in [0.05, 0.1) is 16.9 Å². The van der Waals surface area contributed by atoms with Crippen molar-refractivity contribution in [3.8, 4) is 11.3 Å². The Hall–Kier alpha value is -2.66. The molecule has 0 bridgehead atoms. The Balaban J connectivity index is 2.08. The fraction of sp³-hybridized carbons (Fsp3) is 0.158. The van der Waals surface area contributed by atoms with Crippen molar-refractivity contribution in [2.45, 2.75) is 19.9 Å². The molecule has 5 heteroatoms. The summed E-state index contributed by atoms with van der Waals surface area (Å²) in [5, 5.41) is 11.1. The molecule has 1 N–H and O–H groups in total. The van der Waals surface area contributed by atoms with Crippen LogP contribution in [0.1, 0.15) is 30.2 Å². The lowest BCUT2D eigenvalue weighted by Crippen LogP contribution is -2.17. The number of hydrogen-bond acceptors (Lipinski definition) is 3. The van der Waals surface area contributed by atoms with E-state index < -0.39 is 5.97 Å². The summed E-state index contributed by atoms with van der Waals surface area (Å²) < 4.78 is 2.20. The maximum atomic E-state index is 10.9. The lowest BCUT2D eigenvalue weighted by molar-refractivity contribution is 0.0697. The van der Waals surface area contributed by atoms with Crippen LogP contribution < -0.4 is 4.80 Å². The number of aromatic carboxylic acids is 1. The maximum Gasteiger partial charge on any atom is 0.335 e. The number of hydrogen-bond donors (Lipinski definition) is 1. The van der Waals surface area contributed by atoms with Crippen LogP contribution in [-0.4, -0.2) is 15.6 Å². The summed E-state index contributed by atoms with van der Waals surface area (Å²) in [6.07, 6.45) is 0. The summed E-state index contributed by atoms with van der Waals surface area (Å²) in [5.41, 5.74) is 3.30. The van der Waals surface area contributed by atoms with Crippen LogP contribution in [0.2, 0.25) is 0 Å². The van der Waals surface area contributed by atoms with Crippen LogP contribution in [0.15, 0.2) is 65.0 Å². The predicted octanol–water partition coefficient (Wildman–Crippen LogP) is 4.73. The largest absolute Gasteiger partial charge is 0.478 e. The van der Waals surface area contributed by atoms with Gasteiger partial charge in [-0.1, -0.05) is 30.3 Å². The van der Waals surface area contributed by atoms with E-state index in [0.29, 0.717) is 0 Å². The van der Waals surface area contributed by atoms with Crippen molar-refractivity contribution in [2.75, 3.05) is 0 Å². The number of benzene rings is 2. The summed E-state index contributed by atoms with van der Waals surface area (Å²) in [7, 11) is 0.